The van der Waals surface area contributed by atoms with Crippen molar-refractivity contribution in [3.8, 4) is 0 Å². The van der Waals surface area contributed by atoms with Crippen molar-refractivity contribution in [3.05, 3.63) is 0 Å². The van der Waals surface area contributed by atoms with Gasteiger partial charge in [-0.25, -0.2) is 0 Å². The molecule has 0 rings (SSSR count). The van der Waals surface area contributed by atoms with Crippen molar-refractivity contribution in [2.24, 2.45) is 11.5 Å². The average molecular weight is 202 g/mol. The van der Waals surface area contributed by atoms with Crippen molar-refractivity contribution in [1.82, 2.24) is 10.6 Å². The van der Waals surface area contributed by atoms with Gasteiger partial charge < -0.3 is 22.1 Å². The molecule has 6 nitrogen and oxygen atoms in total. The molecule has 0 bridgehead atoms. The normalized spacial score (nSPS) is 14.3. The van der Waals surface area contributed by atoms with Crippen LogP contribution in [0.25, 0.3) is 0 Å². The van der Waals surface area contributed by atoms with Crippen LogP contribution in [0.3, 0.4) is 0 Å². The van der Waals surface area contributed by atoms with Crippen LogP contribution in [-0.2, 0) is 9.59 Å². The Kier molecular flexibility index (Phi) is 5.82. The molecule has 0 aromatic carbocycles. The average Bonchev–Trinajstić information content (AvgIpc) is 2.13. The molecule has 2 amide bonds. The summed E-state index contributed by atoms with van der Waals surface area (Å²) >= 11 is 0. The van der Waals surface area contributed by atoms with Crippen LogP contribution in [0.2, 0.25) is 0 Å². The lowest BCUT2D eigenvalue weighted by Crippen LogP contribution is -2.47. The minimum Gasteiger partial charge on any atom is -0.353 e. The van der Waals surface area contributed by atoms with Gasteiger partial charge in [0.15, 0.2) is 0 Å². The maximum absolute atomic E-state index is 11.0. The van der Waals surface area contributed by atoms with E-state index in [9.17, 15) is 9.59 Å². The van der Waals surface area contributed by atoms with Crippen LogP contribution in [0.15, 0.2) is 0 Å². The molecule has 2 unspecified atom stereocenters. The van der Waals surface area contributed by atoms with Gasteiger partial charge in [0.25, 0.3) is 0 Å². The standard InChI is InChI=1S/C8H18N4O2/c1-5(12-7(13)3-9)4-11-8(14)6(2)10/h5-6H,3-4,9-10H2,1-2H3,(H,11,14)(H,12,13). The van der Waals surface area contributed by atoms with Crippen molar-refractivity contribution in [3.63, 3.8) is 0 Å². The van der Waals surface area contributed by atoms with E-state index in [2.05, 4.69) is 10.6 Å². The third-order valence-electron chi connectivity index (χ3n) is 1.59. The quantitative estimate of drug-likeness (QED) is 0.410. The molecule has 6 heteroatoms. The van der Waals surface area contributed by atoms with Crippen molar-refractivity contribution < 1.29 is 9.59 Å². The van der Waals surface area contributed by atoms with Crippen molar-refractivity contribution in [2.45, 2.75) is 25.9 Å². The Morgan fingerprint density at radius 2 is 1.93 bits per heavy atom. The minimum absolute atomic E-state index is 0.0500. The van der Waals surface area contributed by atoms with E-state index in [-0.39, 0.29) is 24.4 Å². The number of carbonyl (C=O) groups excluding carboxylic acids is 2. The van der Waals surface area contributed by atoms with Crippen LogP contribution < -0.4 is 22.1 Å². The first-order chi connectivity index (χ1) is 6.47. The molecule has 0 aliphatic carbocycles. The van der Waals surface area contributed by atoms with Crippen LogP contribution in [-0.4, -0.2) is 37.0 Å². The maximum atomic E-state index is 11.0. The van der Waals surface area contributed by atoms with E-state index in [0.29, 0.717) is 6.54 Å². The predicted molar refractivity (Wildman–Crippen MR) is 53.3 cm³/mol. The fraction of sp³-hybridized carbons (Fsp3) is 0.750. The molecule has 2 atom stereocenters. The van der Waals surface area contributed by atoms with E-state index in [4.69, 9.17) is 11.5 Å². The molecule has 6 N–H and O–H groups in total. The monoisotopic (exact) mass is 202 g/mol. The van der Waals surface area contributed by atoms with E-state index >= 15 is 0 Å². The molecule has 0 saturated carbocycles. The van der Waals surface area contributed by atoms with Gasteiger partial charge in [0.1, 0.15) is 0 Å². The lowest BCUT2D eigenvalue weighted by atomic mass is 10.3. The summed E-state index contributed by atoms with van der Waals surface area (Å²) in [5.74, 6) is -0.480. The number of amides is 2. The van der Waals surface area contributed by atoms with Crippen molar-refractivity contribution in [2.75, 3.05) is 13.1 Å². The van der Waals surface area contributed by atoms with Gasteiger partial charge in [0.05, 0.1) is 12.6 Å². The minimum atomic E-state index is -0.535. The topological polar surface area (TPSA) is 110 Å². The second kappa shape index (κ2) is 6.33. The van der Waals surface area contributed by atoms with E-state index in [0.717, 1.165) is 0 Å². The summed E-state index contributed by atoms with van der Waals surface area (Å²) in [4.78, 5) is 21.9. The van der Waals surface area contributed by atoms with Crippen molar-refractivity contribution in [1.29, 1.82) is 0 Å². The smallest absolute Gasteiger partial charge is 0.236 e. The van der Waals surface area contributed by atoms with E-state index < -0.39 is 6.04 Å². The van der Waals surface area contributed by atoms with Crippen LogP contribution in [0.1, 0.15) is 13.8 Å². The summed E-state index contributed by atoms with van der Waals surface area (Å²) in [6, 6.07) is -0.679. The van der Waals surface area contributed by atoms with Crippen LogP contribution >= 0.6 is 0 Å². The zero-order chi connectivity index (χ0) is 11.1. The predicted octanol–water partition coefficient (Wildman–Crippen LogP) is -2.09. The molecule has 0 spiro atoms. The van der Waals surface area contributed by atoms with Gasteiger partial charge >= 0.3 is 0 Å². The molecule has 0 fully saturated rings. The molecule has 0 aromatic rings. The number of nitrogens with two attached hydrogens (primary N) is 2. The van der Waals surface area contributed by atoms with E-state index in [1.165, 1.54) is 0 Å². The highest BCUT2D eigenvalue weighted by molar-refractivity contribution is 5.81. The summed E-state index contributed by atoms with van der Waals surface area (Å²) in [5.41, 5.74) is 10.4. The molecular weight excluding hydrogens is 184 g/mol. The van der Waals surface area contributed by atoms with Gasteiger partial charge in [-0.3, -0.25) is 9.59 Å². The Bertz CT molecular complexity index is 206. The first kappa shape index (κ1) is 12.9. The van der Waals surface area contributed by atoms with Gasteiger partial charge in [-0.2, -0.15) is 0 Å². The molecular formula is C8H18N4O2. The Balaban J connectivity index is 3.68. The van der Waals surface area contributed by atoms with Gasteiger partial charge in [-0.05, 0) is 13.8 Å². The number of carbonyl (C=O) groups is 2. The lowest BCUT2D eigenvalue weighted by Gasteiger charge is -2.15. The highest BCUT2D eigenvalue weighted by Gasteiger charge is 2.09. The Hall–Kier alpha value is -1.14. The summed E-state index contributed by atoms with van der Waals surface area (Å²) in [6.07, 6.45) is 0. The fourth-order valence-electron chi connectivity index (χ4n) is 0.799. The summed E-state index contributed by atoms with van der Waals surface area (Å²) < 4.78 is 0. The lowest BCUT2D eigenvalue weighted by molar-refractivity contribution is -0.123. The molecule has 14 heavy (non-hydrogen) atoms. The molecule has 0 aliphatic rings. The Morgan fingerprint density at radius 3 is 2.36 bits per heavy atom. The molecule has 0 radical (unpaired) electrons. The van der Waals surface area contributed by atoms with Crippen LogP contribution in [0, 0.1) is 0 Å². The van der Waals surface area contributed by atoms with Gasteiger partial charge in [-0.1, -0.05) is 0 Å². The molecule has 0 heterocycles. The van der Waals surface area contributed by atoms with Crippen molar-refractivity contribution >= 4 is 11.8 Å². The third kappa shape index (κ3) is 5.50. The number of rotatable bonds is 5. The number of hydrogen-bond acceptors (Lipinski definition) is 4. The summed E-state index contributed by atoms with van der Waals surface area (Å²) in [5, 5.41) is 5.20. The second-order valence-electron chi connectivity index (χ2n) is 3.21. The summed E-state index contributed by atoms with van der Waals surface area (Å²) in [6.45, 7) is 3.67. The third-order valence-corrected chi connectivity index (χ3v) is 1.59. The first-order valence-corrected chi connectivity index (χ1v) is 4.50. The molecule has 0 saturated heterocycles. The first-order valence-electron chi connectivity index (χ1n) is 4.50. The highest BCUT2D eigenvalue weighted by Crippen LogP contribution is 1.80. The van der Waals surface area contributed by atoms with E-state index in [1.54, 1.807) is 13.8 Å². The molecule has 0 aliphatic heterocycles. The Morgan fingerprint density at radius 1 is 1.36 bits per heavy atom. The van der Waals surface area contributed by atoms with Crippen LogP contribution in [0.4, 0.5) is 0 Å². The molecule has 82 valence electrons. The SMILES string of the molecule is CC(CNC(=O)C(C)N)NC(=O)CN. The number of nitrogens with one attached hydrogen (secondary N) is 2. The van der Waals surface area contributed by atoms with Crippen LogP contribution in [0.5, 0.6) is 0 Å². The second-order valence-corrected chi connectivity index (χ2v) is 3.21. The van der Waals surface area contributed by atoms with E-state index in [1.807, 2.05) is 0 Å². The number of hydrogen-bond donors (Lipinski definition) is 4. The largest absolute Gasteiger partial charge is 0.353 e. The van der Waals surface area contributed by atoms with Gasteiger partial charge in [-0.15, -0.1) is 0 Å². The zero-order valence-corrected chi connectivity index (χ0v) is 8.54. The summed E-state index contributed by atoms with van der Waals surface area (Å²) in [7, 11) is 0. The zero-order valence-electron chi connectivity index (χ0n) is 8.54. The maximum Gasteiger partial charge on any atom is 0.236 e. The fourth-order valence-corrected chi connectivity index (χ4v) is 0.799. The molecule has 0 aromatic heterocycles. The highest BCUT2D eigenvalue weighted by atomic mass is 16.2. The Labute approximate surface area is 83.4 Å². The van der Waals surface area contributed by atoms with Gasteiger partial charge in [0, 0.05) is 12.6 Å². The van der Waals surface area contributed by atoms with Gasteiger partial charge in [0.2, 0.25) is 11.8 Å².